The van der Waals surface area contributed by atoms with Gasteiger partial charge < -0.3 is 25.2 Å². The van der Waals surface area contributed by atoms with Crippen LogP contribution in [-0.4, -0.2) is 125 Å². The van der Waals surface area contributed by atoms with E-state index in [2.05, 4.69) is 15.1 Å². The summed E-state index contributed by atoms with van der Waals surface area (Å²) in [7, 11) is 0. The summed E-state index contributed by atoms with van der Waals surface area (Å²) in [6, 6.07) is 11.3. The first kappa shape index (κ1) is 35.8. The highest BCUT2D eigenvalue weighted by Gasteiger charge is 2.60. The number of nitrogens with two attached hydrogens (primary N) is 1. The summed E-state index contributed by atoms with van der Waals surface area (Å²) in [6.07, 6.45) is 8.26. The summed E-state index contributed by atoms with van der Waals surface area (Å²) in [6.45, 7) is 5.42. The van der Waals surface area contributed by atoms with Crippen LogP contribution in [0.3, 0.4) is 0 Å². The number of carbonyl (C=O) groups is 3. The van der Waals surface area contributed by atoms with E-state index in [1.807, 2.05) is 21.9 Å². The minimum Gasteiger partial charge on any atom is -0.373 e. The molecule has 3 atom stereocenters. The number of ether oxygens (including phenoxy) is 1. The summed E-state index contributed by atoms with van der Waals surface area (Å²) in [5.41, 5.74) is 6.55. The molecule has 12 nitrogen and oxygen atoms in total. The number of piperazine rings is 2. The van der Waals surface area contributed by atoms with E-state index in [9.17, 15) is 19.2 Å². The van der Waals surface area contributed by atoms with Gasteiger partial charge in [0.15, 0.2) is 0 Å². The highest BCUT2D eigenvalue weighted by molar-refractivity contribution is 5.95. The largest absolute Gasteiger partial charge is 0.373 e. The summed E-state index contributed by atoms with van der Waals surface area (Å²) < 4.78 is 21.5. The maximum Gasteiger partial charge on any atom is 0.272 e. The van der Waals surface area contributed by atoms with Crippen molar-refractivity contribution in [2.45, 2.75) is 69.4 Å². The van der Waals surface area contributed by atoms with E-state index in [4.69, 9.17) is 10.5 Å². The number of H-pyrrole nitrogens is 1. The first-order chi connectivity index (χ1) is 25.6. The molecule has 2 aromatic carbocycles. The molecular formula is C40H52FN7O5. The summed E-state index contributed by atoms with van der Waals surface area (Å²) in [5.74, 6) is -0.530. The minimum atomic E-state index is -0.600. The van der Waals surface area contributed by atoms with Gasteiger partial charge in [-0.05, 0) is 61.8 Å². The van der Waals surface area contributed by atoms with Gasteiger partial charge in [-0.3, -0.25) is 24.1 Å². The van der Waals surface area contributed by atoms with Crippen LogP contribution in [0.4, 0.5) is 4.39 Å². The van der Waals surface area contributed by atoms with Crippen LogP contribution in [0.5, 0.6) is 0 Å². The molecule has 5 fully saturated rings. The van der Waals surface area contributed by atoms with E-state index >= 15 is 4.39 Å². The molecule has 0 spiro atoms. The van der Waals surface area contributed by atoms with Crippen molar-refractivity contribution < 1.29 is 24.9 Å². The van der Waals surface area contributed by atoms with Crippen molar-refractivity contribution in [3.63, 3.8) is 0 Å². The highest BCUT2D eigenvalue weighted by atomic mass is 19.1. The molecule has 3 saturated heterocycles. The molecular weight excluding hydrogens is 677 g/mol. The number of nitrogens with zero attached hydrogens (tertiary/aromatic N) is 5. The van der Waals surface area contributed by atoms with Gasteiger partial charge in [0.1, 0.15) is 5.82 Å². The molecule has 284 valence electrons. The molecule has 0 radical (unpaired) electrons. The smallest absolute Gasteiger partial charge is 0.272 e. The van der Waals surface area contributed by atoms with Crippen molar-refractivity contribution in [1.82, 2.24) is 29.8 Å². The Bertz CT molecular complexity index is 1930. The lowest BCUT2D eigenvalue weighted by atomic mass is 9.83. The standard InChI is InChI=1S/C40H50FN7O5.H2/c41-32-11-10-27(23-33-29-8-4-5-9-30(29)35(49)44-43-33)22-31(32)36(50)46-18-20-48(21-19-46)38(52)39-12-13-40(24-39,53-26-39)25-45-14-16-47(17-15-45)37(51)34(42)28-6-2-1-3-7-28;/h4-5,8-11,22,28,34H,1-3,6-7,12-21,23-26,42H2,(H,44,49);1H. The van der Waals surface area contributed by atoms with Crippen molar-refractivity contribution in [1.29, 1.82) is 0 Å². The van der Waals surface area contributed by atoms with Gasteiger partial charge in [0, 0.05) is 72.1 Å². The molecule has 8 rings (SSSR count). The van der Waals surface area contributed by atoms with Gasteiger partial charge in [-0.2, -0.15) is 5.10 Å². The van der Waals surface area contributed by atoms with Gasteiger partial charge in [-0.15, -0.1) is 0 Å². The van der Waals surface area contributed by atoms with Crippen LogP contribution in [0, 0.1) is 17.2 Å². The average Bonchev–Trinajstić information content (AvgIpc) is 3.76. The highest BCUT2D eigenvalue weighted by Crippen LogP contribution is 2.54. The van der Waals surface area contributed by atoms with Gasteiger partial charge in [-0.25, -0.2) is 9.49 Å². The topological polar surface area (TPSA) is 145 Å². The maximum absolute atomic E-state index is 15.1. The number of rotatable bonds is 8. The van der Waals surface area contributed by atoms with E-state index in [1.54, 1.807) is 29.2 Å². The van der Waals surface area contributed by atoms with Crippen molar-refractivity contribution in [3.8, 4) is 0 Å². The fourth-order valence-corrected chi connectivity index (χ4v) is 9.63. The Balaban J connectivity index is 0.00000450. The van der Waals surface area contributed by atoms with Gasteiger partial charge in [0.2, 0.25) is 11.8 Å². The Morgan fingerprint density at radius 1 is 0.925 bits per heavy atom. The second kappa shape index (κ2) is 14.6. The first-order valence-electron chi connectivity index (χ1n) is 19.4. The zero-order valence-corrected chi connectivity index (χ0v) is 30.4. The number of carbonyl (C=O) groups excluding carboxylic acids is 3. The molecule has 3 N–H and O–H groups in total. The number of hydrogen-bond donors (Lipinski definition) is 2. The van der Waals surface area contributed by atoms with Crippen LogP contribution in [0.1, 0.15) is 74.4 Å². The Kier molecular flexibility index (Phi) is 9.84. The SMILES string of the molecule is NC(C(=O)N1CCN(CC23CCC(C(=O)N4CCN(C(=O)c5cc(Cc6n[nH]c(=O)c7ccccc67)ccc5F)CC4)(CO2)C3)CC1)C1CCCCC1.[HH]. The Morgan fingerprint density at radius 3 is 2.34 bits per heavy atom. The van der Waals surface area contributed by atoms with Gasteiger partial charge >= 0.3 is 0 Å². The average molecular weight is 730 g/mol. The first-order valence-corrected chi connectivity index (χ1v) is 19.4. The molecule has 2 bridgehead atoms. The molecule has 1 aromatic heterocycles. The third kappa shape index (κ3) is 6.99. The zero-order valence-electron chi connectivity index (χ0n) is 30.4. The number of fused-ring (bicyclic) bond motifs is 3. The predicted molar refractivity (Wildman–Crippen MR) is 199 cm³/mol. The van der Waals surface area contributed by atoms with Gasteiger partial charge in [0.25, 0.3) is 11.5 Å². The van der Waals surface area contributed by atoms with Crippen LogP contribution < -0.4 is 11.3 Å². The second-order valence-corrected chi connectivity index (χ2v) is 16.1. The lowest BCUT2D eigenvalue weighted by molar-refractivity contribution is -0.145. The number of benzene rings is 2. The number of hydrogen-bond acceptors (Lipinski definition) is 8. The molecule has 53 heavy (non-hydrogen) atoms. The molecule has 3 aromatic rings. The summed E-state index contributed by atoms with van der Waals surface area (Å²) in [5, 5.41) is 7.99. The number of nitrogens with one attached hydrogen (secondary N) is 1. The fraction of sp³-hybridized carbons (Fsp3) is 0.575. The number of aromatic nitrogens is 2. The van der Waals surface area contributed by atoms with E-state index in [1.165, 1.54) is 12.5 Å². The van der Waals surface area contributed by atoms with E-state index in [0.717, 1.165) is 58.2 Å². The third-order valence-electron chi connectivity index (χ3n) is 12.7. The van der Waals surface area contributed by atoms with E-state index in [-0.39, 0.29) is 30.0 Å². The maximum atomic E-state index is 15.1. The monoisotopic (exact) mass is 729 g/mol. The van der Waals surface area contributed by atoms with Crippen molar-refractivity contribution in [3.05, 3.63) is 75.5 Å². The van der Waals surface area contributed by atoms with Crippen LogP contribution in [-0.2, 0) is 20.7 Å². The molecule has 5 aliphatic rings. The van der Waals surface area contributed by atoms with Crippen molar-refractivity contribution in [2.75, 3.05) is 65.5 Å². The Hall–Kier alpha value is -4.20. The van der Waals surface area contributed by atoms with Gasteiger partial charge in [0.05, 0.1) is 40.3 Å². The molecule has 4 heterocycles. The lowest BCUT2D eigenvalue weighted by Crippen LogP contribution is -2.56. The number of aromatic amines is 1. The zero-order chi connectivity index (χ0) is 36.7. The summed E-state index contributed by atoms with van der Waals surface area (Å²) in [4.78, 5) is 60.8. The van der Waals surface area contributed by atoms with Gasteiger partial charge in [-0.1, -0.05) is 43.5 Å². The molecule has 2 aliphatic carbocycles. The summed E-state index contributed by atoms with van der Waals surface area (Å²) >= 11 is 0. The Labute approximate surface area is 310 Å². The van der Waals surface area contributed by atoms with Crippen LogP contribution in [0.15, 0.2) is 47.3 Å². The Morgan fingerprint density at radius 2 is 1.62 bits per heavy atom. The molecule has 13 heteroatoms. The number of amides is 3. The van der Waals surface area contributed by atoms with E-state index < -0.39 is 23.2 Å². The van der Waals surface area contributed by atoms with E-state index in [0.29, 0.717) is 86.7 Å². The van der Waals surface area contributed by atoms with Crippen LogP contribution in [0.25, 0.3) is 10.8 Å². The molecule has 2 saturated carbocycles. The van der Waals surface area contributed by atoms with Crippen LogP contribution >= 0.6 is 0 Å². The quantitative estimate of drug-likeness (QED) is 0.360. The van der Waals surface area contributed by atoms with Crippen molar-refractivity contribution >= 4 is 28.5 Å². The van der Waals surface area contributed by atoms with Crippen molar-refractivity contribution in [2.24, 2.45) is 17.1 Å². The molecule has 3 amide bonds. The molecule has 3 aliphatic heterocycles. The lowest BCUT2D eigenvalue weighted by Gasteiger charge is -2.40. The predicted octanol–water partition coefficient (Wildman–Crippen LogP) is 3.17. The third-order valence-corrected chi connectivity index (χ3v) is 12.7. The fourth-order valence-electron chi connectivity index (χ4n) is 9.63. The molecule has 3 unspecified atom stereocenters. The minimum absolute atomic E-state index is 0. The number of halogens is 1. The normalized spacial score (nSPS) is 26.0. The second-order valence-electron chi connectivity index (χ2n) is 16.1. The van der Waals surface area contributed by atoms with Crippen LogP contribution in [0.2, 0.25) is 0 Å².